The Labute approximate surface area is 79.3 Å². The van der Waals surface area contributed by atoms with Crippen molar-refractivity contribution < 1.29 is 27.8 Å². The summed E-state index contributed by atoms with van der Waals surface area (Å²) in [4.78, 5) is 21.5. The van der Waals surface area contributed by atoms with Gasteiger partial charge in [0.1, 0.15) is 6.33 Å². The standard InChI is InChI=1S/C4H8N2O6P2/c1-11-14(9,10)12-13(7,8)6-3-2-5-4-6/h2-4H,1H3,(H,7,8)(H,9,10). The van der Waals surface area contributed by atoms with Crippen LogP contribution in [0.3, 0.4) is 0 Å². The number of aromatic nitrogens is 2. The van der Waals surface area contributed by atoms with E-state index in [0.29, 0.717) is 4.34 Å². The molecule has 80 valence electrons. The second-order valence-electron chi connectivity index (χ2n) is 2.17. The van der Waals surface area contributed by atoms with Crippen molar-refractivity contribution in [2.24, 2.45) is 0 Å². The predicted octanol–water partition coefficient (Wildman–Crippen LogP) is 0.595. The monoisotopic (exact) mass is 242 g/mol. The molecule has 2 atom stereocenters. The molecule has 1 heterocycles. The van der Waals surface area contributed by atoms with Crippen molar-refractivity contribution in [1.29, 1.82) is 0 Å². The quantitative estimate of drug-likeness (QED) is 0.743. The topological polar surface area (TPSA) is 111 Å². The molecular formula is C4H8N2O6P2. The highest BCUT2D eigenvalue weighted by molar-refractivity contribution is 7.63. The Balaban J connectivity index is 2.89. The molecule has 0 bridgehead atoms. The summed E-state index contributed by atoms with van der Waals surface area (Å²) >= 11 is 0. The summed E-state index contributed by atoms with van der Waals surface area (Å²) in [6.07, 6.45) is 3.33. The summed E-state index contributed by atoms with van der Waals surface area (Å²) in [5.74, 6) is 0. The summed E-state index contributed by atoms with van der Waals surface area (Å²) in [5, 5.41) is 0. The zero-order chi connectivity index (χ0) is 10.8. The average Bonchev–Trinajstić information content (AvgIpc) is 2.54. The van der Waals surface area contributed by atoms with Crippen molar-refractivity contribution in [3.8, 4) is 0 Å². The molecule has 8 nitrogen and oxygen atoms in total. The van der Waals surface area contributed by atoms with E-state index in [1.165, 1.54) is 6.20 Å². The maximum absolute atomic E-state index is 11.3. The van der Waals surface area contributed by atoms with E-state index in [-0.39, 0.29) is 0 Å². The molecule has 0 saturated heterocycles. The van der Waals surface area contributed by atoms with Gasteiger partial charge in [-0.2, -0.15) is 4.31 Å². The van der Waals surface area contributed by atoms with E-state index in [1.54, 1.807) is 0 Å². The zero-order valence-corrected chi connectivity index (χ0v) is 8.84. The Morgan fingerprint density at radius 1 is 1.43 bits per heavy atom. The normalized spacial score (nSPS) is 19.9. The van der Waals surface area contributed by atoms with E-state index in [1.807, 2.05) is 0 Å². The van der Waals surface area contributed by atoms with Crippen LogP contribution in [0.25, 0.3) is 0 Å². The van der Waals surface area contributed by atoms with Crippen molar-refractivity contribution in [1.82, 2.24) is 9.32 Å². The highest BCUT2D eigenvalue weighted by atomic mass is 31.3. The molecule has 1 rings (SSSR count). The van der Waals surface area contributed by atoms with E-state index >= 15 is 0 Å². The van der Waals surface area contributed by atoms with Crippen LogP contribution in [0.4, 0.5) is 0 Å². The first-order valence-corrected chi connectivity index (χ1v) is 6.31. The minimum atomic E-state index is -4.50. The highest BCUT2D eigenvalue weighted by Gasteiger charge is 2.34. The molecule has 0 aliphatic rings. The molecule has 1 aromatic heterocycles. The number of hydrogen-bond donors (Lipinski definition) is 2. The third kappa shape index (κ3) is 2.75. The van der Waals surface area contributed by atoms with Crippen LogP contribution in [0.1, 0.15) is 0 Å². The van der Waals surface area contributed by atoms with Crippen LogP contribution in [0.15, 0.2) is 18.7 Å². The van der Waals surface area contributed by atoms with Crippen molar-refractivity contribution in [3.05, 3.63) is 18.7 Å². The fraction of sp³-hybridized carbons (Fsp3) is 0.250. The molecule has 10 heteroatoms. The van der Waals surface area contributed by atoms with Crippen LogP contribution in [0.2, 0.25) is 0 Å². The van der Waals surface area contributed by atoms with Gasteiger partial charge in [-0.05, 0) is 0 Å². The van der Waals surface area contributed by atoms with E-state index in [9.17, 15) is 14.0 Å². The summed E-state index contributed by atoms with van der Waals surface area (Å²) in [6.45, 7) is 0. The molecule has 14 heavy (non-hydrogen) atoms. The molecule has 0 amide bonds. The Bertz CT molecular complexity index is 389. The molecule has 1 aromatic rings. The SMILES string of the molecule is COP(=O)(O)OP(=O)(O)n1ccnc1. The minimum absolute atomic E-state index is 0.675. The lowest BCUT2D eigenvalue weighted by Gasteiger charge is -2.14. The van der Waals surface area contributed by atoms with Crippen LogP contribution in [0.5, 0.6) is 0 Å². The summed E-state index contributed by atoms with van der Waals surface area (Å²) < 4.78 is 30.8. The van der Waals surface area contributed by atoms with Crippen LogP contribution >= 0.6 is 15.6 Å². The van der Waals surface area contributed by atoms with Gasteiger partial charge in [-0.25, -0.2) is 18.5 Å². The Morgan fingerprint density at radius 2 is 2.07 bits per heavy atom. The summed E-state index contributed by atoms with van der Waals surface area (Å²) in [5.41, 5.74) is 0. The van der Waals surface area contributed by atoms with Crippen molar-refractivity contribution in [2.45, 2.75) is 0 Å². The van der Waals surface area contributed by atoms with Gasteiger partial charge in [-0.1, -0.05) is 0 Å². The molecular weight excluding hydrogens is 234 g/mol. The number of rotatable bonds is 4. The Hall–Kier alpha value is -0.490. The van der Waals surface area contributed by atoms with Gasteiger partial charge < -0.3 is 9.79 Å². The second kappa shape index (κ2) is 3.94. The fourth-order valence-electron chi connectivity index (χ4n) is 0.611. The van der Waals surface area contributed by atoms with Gasteiger partial charge >= 0.3 is 15.6 Å². The molecule has 2 N–H and O–H groups in total. The molecule has 0 saturated carbocycles. The van der Waals surface area contributed by atoms with Crippen LogP contribution in [0, 0.1) is 0 Å². The number of phosphoric ester groups is 1. The van der Waals surface area contributed by atoms with Crippen molar-refractivity contribution in [2.75, 3.05) is 7.11 Å². The van der Waals surface area contributed by atoms with Crippen molar-refractivity contribution in [3.63, 3.8) is 0 Å². The maximum Gasteiger partial charge on any atom is 0.480 e. The third-order valence-electron chi connectivity index (χ3n) is 1.22. The lowest BCUT2D eigenvalue weighted by molar-refractivity contribution is 0.227. The van der Waals surface area contributed by atoms with E-state index in [4.69, 9.17) is 4.89 Å². The van der Waals surface area contributed by atoms with Gasteiger partial charge in [0.25, 0.3) is 0 Å². The number of imidazole rings is 1. The number of phosphoric acid groups is 1. The van der Waals surface area contributed by atoms with Gasteiger partial charge in [0.2, 0.25) is 0 Å². The molecule has 0 aromatic carbocycles. The first kappa shape index (κ1) is 11.6. The Morgan fingerprint density at radius 3 is 2.50 bits per heavy atom. The molecule has 0 spiro atoms. The highest BCUT2D eigenvalue weighted by Crippen LogP contribution is 2.59. The van der Waals surface area contributed by atoms with Gasteiger partial charge in [0.05, 0.1) is 0 Å². The average molecular weight is 242 g/mol. The molecule has 0 radical (unpaired) electrons. The third-order valence-corrected chi connectivity index (χ3v) is 4.18. The lowest BCUT2D eigenvalue weighted by Crippen LogP contribution is -1.97. The Kier molecular flexibility index (Phi) is 3.26. The van der Waals surface area contributed by atoms with Gasteiger partial charge in [-0.3, -0.25) is 4.52 Å². The number of nitrogens with zero attached hydrogens (tertiary/aromatic N) is 2. The number of hydrogen-bond acceptors (Lipinski definition) is 5. The van der Waals surface area contributed by atoms with Gasteiger partial charge in [0, 0.05) is 19.5 Å². The van der Waals surface area contributed by atoms with Gasteiger partial charge in [-0.15, -0.1) is 0 Å². The van der Waals surface area contributed by atoms with Crippen LogP contribution < -0.4 is 0 Å². The summed E-state index contributed by atoms with van der Waals surface area (Å²) in [7, 11) is -8.03. The fourth-order valence-corrected chi connectivity index (χ4v) is 2.71. The van der Waals surface area contributed by atoms with E-state index in [0.717, 1.165) is 19.6 Å². The smallest absolute Gasteiger partial charge is 0.307 e. The first-order valence-electron chi connectivity index (χ1n) is 3.29. The van der Waals surface area contributed by atoms with Gasteiger partial charge in [0.15, 0.2) is 0 Å². The predicted molar refractivity (Wildman–Crippen MR) is 45.4 cm³/mol. The van der Waals surface area contributed by atoms with E-state index in [2.05, 4.69) is 13.8 Å². The van der Waals surface area contributed by atoms with Crippen LogP contribution in [-0.2, 0) is 18.0 Å². The van der Waals surface area contributed by atoms with E-state index < -0.39 is 15.6 Å². The largest absolute Gasteiger partial charge is 0.480 e. The molecule has 0 aliphatic heterocycles. The van der Waals surface area contributed by atoms with Crippen LogP contribution in [-0.4, -0.2) is 26.2 Å². The zero-order valence-electron chi connectivity index (χ0n) is 7.05. The second-order valence-corrected chi connectivity index (χ2v) is 5.56. The molecule has 0 fully saturated rings. The molecule has 2 unspecified atom stereocenters. The lowest BCUT2D eigenvalue weighted by atomic mass is 11.0. The summed E-state index contributed by atoms with van der Waals surface area (Å²) in [6, 6.07) is 0. The molecule has 0 aliphatic carbocycles. The maximum atomic E-state index is 11.3. The minimum Gasteiger partial charge on any atom is -0.307 e. The van der Waals surface area contributed by atoms with Crippen molar-refractivity contribution >= 4 is 15.6 Å². The first-order chi connectivity index (χ1) is 6.37.